The van der Waals surface area contributed by atoms with Gasteiger partial charge >= 0.3 is 5.97 Å². The van der Waals surface area contributed by atoms with Crippen molar-refractivity contribution in [1.82, 2.24) is 0 Å². The van der Waals surface area contributed by atoms with Gasteiger partial charge in [0.15, 0.2) is 0 Å². The Morgan fingerprint density at radius 1 is 1.13 bits per heavy atom. The highest BCUT2D eigenvalue weighted by molar-refractivity contribution is 6.36. The van der Waals surface area contributed by atoms with E-state index < -0.39 is 0 Å². The number of rotatable bonds is 6. The molecule has 0 bridgehead atoms. The van der Waals surface area contributed by atoms with Crippen molar-refractivity contribution in [3.8, 4) is 6.07 Å². The van der Waals surface area contributed by atoms with Gasteiger partial charge in [-0.2, -0.15) is 5.26 Å². The highest BCUT2D eigenvalue weighted by Gasteiger charge is 2.11. The van der Waals surface area contributed by atoms with Gasteiger partial charge in [0.25, 0.3) is 0 Å². The Balaban J connectivity index is 1.75. The molecule has 0 saturated carbocycles. The molecule has 23 heavy (non-hydrogen) atoms. The van der Waals surface area contributed by atoms with E-state index in [-0.39, 0.29) is 19.0 Å². The second-order valence-corrected chi connectivity index (χ2v) is 5.53. The number of anilines is 1. The minimum absolute atomic E-state index is 0.0371. The Morgan fingerprint density at radius 2 is 1.78 bits per heavy atom. The fourth-order valence-corrected chi connectivity index (χ4v) is 2.45. The number of hydrogen-bond acceptors (Lipinski definition) is 4. The maximum atomic E-state index is 11.8. The van der Waals surface area contributed by atoms with Crippen molar-refractivity contribution in [2.45, 2.75) is 6.42 Å². The lowest BCUT2D eigenvalue weighted by molar-refractivity contribution is -0.142. The summed E-state index contributed by atoms with van der Waals surface area (Å²) in [5.74, 6) is -0.387. The summed E-state index contributed by atoms with van der Waals surface area (Å²) in [6, 6.07) is 14.2. The Hall–Kier alpha value is -2.22. The van der Waals surface area contributed by atoms with Gasteiger partial charge < -0.3 is 10.1 Å². The molecule has 0 atom stereocenters. The van der Waals surface area contributed by atoms with E-state index >= 15 is 0 Å². The van der Waals surface area contributed by atoms with Crippen LogP contribution in [0.2, 0.25) is 10.0 Å². The van der Waals surface area contributed by atoms with Crippen molar-refractivity contribution >= 4 is 34.9 Å². The number of halogens is 2. The van der Waals surface area contributed by atoms with Crippen LogP contribution in [0.5, 0.6) is 0 Å². The van der Waals surface area contributed by atoms with E-state index in [4.69, 9.17) is 33.2 Å². The summed E-state index contributed by atoms with van der Waals surface area (Å²) in [4.78, 5) is 11.8. The van der Waals surface area contributed by atoms with E-state index in [0.29, 0.717) is 27.7 Å². The van der Waals surface area contributed by atoms with Crippen molar-refractivity contribution in [1.29, 1.82) is 5.26 Å². The Morgan fingerprint density at radius 3 is 2.39 bits per heavy atom. The normalized spacial score (nSPS) is 9.96. The first-order valence-electron chi connectivity index (χ1n) is 6.92. The van der Waals surface area contributed by atoms with Gasteiger partial charge in [-0.25, -0.2) is 0 Å². The summed E-state index contributed by atoms with van der Waals surface area (Å²) in [6.07, 6.45) is 0.0371. The van der Waals surface area contributed by atoms with Gasteiger partial charge in [0, 0.05) is 27.8 Å². The van der Waals surface area contributed by atoms with Crippen LogP contribution in [0.3, 0.4) is 0 Å². The van der Waals surface area contributed by atoms with Crippen LogP contribution in [0, 0.1) is 11.3 Å². The topological polar surface area (TPSA) is 62.1 Å². The maximum absolute atomic E-state index is 11.8. The summed E-state index contributed by atoms with van der Waals surface area (Å²) < 4.78 is 5.15. The molecule has 0 aromatic heterocycles. The molecule has 1 N–H and O–H groups in total. The molecule has 0 aliphatic heterocycles. The van der Waals surface area contributed by atoms with Crippen LogP contribution in [0.1, 0.15) is 11.1 Å². The van der Waals surface area contributed by atoms with Crippen LogP contribution in [0.15, 0.2) is 42.5 Å². The molecule has 2 rings (SSSR count). The fourth-order valence-electron chi connectivity index (χ4n) is 1.92. The molecule has 0 saturated heterocycles. The first-order chi connectivity index (χ1) is 11.1. The standard InChI is InChI=1S/C17H14Cl2N2O2/c18-15-2-1-3-16(19)14(15)10-17(22)23-9-8-21-13-6-4-12(11-20)5-7-13/h1-7,21H,8-10H2. The second-order valence-electron chi connectivity index (χ2n) is 4.71. The lowest BCUT2D eigenvalue weighted by Crippen LogP contribution is -2.15. The minimum atomic E-state index is -0.387. The van der Waals surface area contributed by atoms with E-state index in [2.05, 4.69) is 5.32 Å². The maximum Gasteiger partial charge on any atom is 0.310 e. The number of esters is 1. The van der Waals surface area contributed by atoms with Crippen molar-refractivity contribution in [3.63, 3.8) is 0 Å². The van der Waals surface area contributed by atoms with Crippen LogP contribution in [-0.2, 0) is 16.0 Å². The van der Waals surface area contributed by atoms with E-state index in [1.807, 2.05) is 6.07 Å². The van der Waals surface area contributed by atoms with Gasteiger partial charge in [-0.05, 0) is 36.4 Å². The molecule has 0 fully saturated rings. The Bertz CT molecular complexity index is 704. The highest BCUT2D eigenvalue weighted by atomic mass is 35.5. The highest BCUT2D eigenvalue weighted by Crippen LogP contribution is 2.24. The Kier molecular flexibility index (Phi) is 6.28. The van der Waals surface area contributed by atoms with Gasteiger partial charge in [0.1, 0.15) is 6.61 Å². The average molecular weight is 349 g/mol. The third kappa shape index (κ3) is 5.17. The molecule has 2 aromatic carbocycles. The van der Waals surface area contributed by atoms with Crippen LogP contribution < -0.4 is 5.32 Å². The molecule has 0 spiro atoms. The molecule has 2 aromatic rings. The quantitative estimate of drug-likeness (QED) is 0.631. The summed E-state index contributed by atoms with van der Waals surface area (Å²) in [7, 11) is 0. The van der Waals surface area contributed by atoms with Crippen molar-refractivity contribution in [2.75, 3.05) is 18.5 Å². The van der Waals surface area contributed by atoms with Crippen LogP contribution in [0.25, 0.3) is 0 Å². The molecule has 0 radical (unpaired) electrons. The van der Waals surface area contributed by atoms with Crippen LogP contribution in [0.4, 0.5) is 5.69 Å². The number of hydrogen-bond donors (Lipinski definition) is 1. The SMILES string of the molecule is N#Cc1ccc(NCCOC(=O)Cc2c(Cl)cccc2Cl)cc1. The molecule has 0 unspecified atom stereocenters. The lowest BCUT2D eigenvalue weighted by Gasteiger charge is -2.09. The van der Waals surface area contributed by atoms with E-state index in [0.717, 1.165) is 5.69 Å². The minimum Gasteiger partial charge on any atom is -0.464 e. The number of ether oxygens (including phenoxy) is 1. The van der Waals surface area contributed by atoms with E-state index in [1.54, 1.807) is 42.5 Å². The molecule has 0 aliphatic rings. The zero-order valence-electron chi connectivity index (χ0n) is 12.2. The predicted octanol–water partition coefficient (Wildman–Crippen LogP) is 4.06. The fraction of sp³-hybridized carbons (Fsp3) is 0.176. The summed E-state index contributed by atoms with van der Waals surface area (Å²) in [5.41, 5.74) is 2.02. The van der Waals surface area contributed by atoms with Crippen molar-refractivity contribution < 1.29 is 9.53 Å². The summed E-state index contributed by atoms with van der Waals surface area (Å²) in [5, 5.41) is 12.7. The molecule has 0 amide bonds. The molecule has 118 valence electrons. The smallest absolute Gasteiger partial charge is 0.310 e. The van der Waals surface area contributed by atoms with Crippen LogP contribution in [-0.4, -0.2) is 19.1 Å². The van der Waals surface area contributed by atoms with Gasteiger partial charge in [0.05, 0.1) is 18.1 Å². The Labute approximate surface area is 144 Å². The molecule has 4 nitrogen and oxygen atoms in total. The van der Waals surface area contributed by atoms with Gasteiger partial charge in [0.2, 0.25) is 0 Å². The lowest BCUT2D eigenvalue weighted by atomic mass is 10.1. The largest absolute Gasteiger partial charge is 0.464 e. The van der Waals surface area contributed by atoms with Gasteiger partial charge in [-0.15, -0.1) is 0 Å². The number of nitriles is 1. The van der Waals surface area contributed by atoms with Crippen LogP contribution >= 0.6 is 23.2 Å². The molecule has 0 aliphatic carbocycles. The number of carbonyl (C=O) groups is 1. The molecule has 6 heteroatoms. The third-order valence-electron chi connectivity index (χ3n) is 3.09. The van der Waals surface area contributed by atoms with E-state index in [9.17, 15) is 4.79 Å². The number of benzene rings is 2. The number of nitrogens with zero attached hydrogens (tertiary/aromatic N) is 1. The average Bonchev–Trinajstić information content (AvgIpc) is 2.56. The monoisotopic (exact) mass is 348 g/mol. The summed E-state index contributed by atoms with van der Waals surface area (Å²) in [6.45, 7) is 0.689. The second kappa shape index (κ2) is 8.42. The summed E-state index contributed by atoms with van der Waals surface area (Å²) >= 11 is 12.0. The van der Waals surface area contributed by atoms with Gasteiger partial charge in [-0.1, -0.05) is 29.3 Å². The zero-order chi connectivity index (χ0) is 16.7. The first-order valence-corrected chi connectivity index (χ1v) is 7.68. The number of nitrogens with one attached hydrogen (secondary N) is 1. The third-order valence-corrected chi connectivity index (χ3v) is 3.80. The van der Waals surface area contributed by atoms with Gasteiger partial charge in [-0.3, -0.25) is 4.79 Å². The molecular formula is C17H14Cl2N2O2. The van der Waals surface area contributed by atoms with E-state index in [1.165, 1.54) is 0 Å². The number of carbonyl (C=O) groups excluding carboxylic acids is 1. The zero-order valence-corrected chi connectivity index (χ0v) is 13.7. The first kappa shape index (κ1) is 17.1. The molecular weight excluding hydrogens is 335 g/mol. The predicted molar refractivity (Wildman–Crippen MR) is 90.8 cm³/mol. The van der Waals surface area contributed by atoms with Crippen molar-refractivity contribution in [3.05, 3.63) is 63.6 Å². The molecule has 0 heterocycles. The van der Waals surface area contributed by atoms with Crippen molar-refractivity contribution in [2.24, 2.45) is 0 Å².